The second-order valence-electron chi connectivity index (χ2n) is 3.95. The van der Waals surface area contributed by atoms with Crippen LogP contribution in [0.3, 0.4) is 0 Å². The van der Waals surface area contributed by atoms with E-state index in [2.05, 4.69) is 9.97 Å². The van der Waals surface area contributed by atoms with Crippen LogP contribution in [0.1, 0.15) is 23.1 Å². The van der Waals surface area contributed by atoms with Gasteiger partial charge in [0.1, 0.15) is 5.82 Å². The van der Waals surface area contributed by atoms with Crippen LogP contribution in [-0.4, -0.2) is 22.5 Å². The number of esters is 1. The molecular weight excluding hydrogens is 247 g/mol. The normalized spacial score (nSPS) is 10.3. The maximum atomic E-state index is 13.2. The van der Waals surface area contributed by atoms with Crippen molar-refractivity contribution in [2.45, 2.75) is 13.8 Å². The van der Waals surface area contributed by atoms with E-state index < -0.39 is 5.97 Å². The fraction of sp³-hybridized carbons (Fsp3) is 0.214. The third kappa shape index (κ3) is 2.93. The average Bonchev–Trinajstić information content (AvgIpc) is 2.42. The third-order valence-corrected chi connectivity index (χ3v) is 2.57. The molecule has 1 aromatic heterocycles. The molecule has 98 valence electrons. The Balaban J connectivity index is 2.37. The maximum Gasteiger partial charge on any atom is 0.376 e. The number of nitrogens with zero attached hydrogens (tertiary/aromatic N) is 2. The summed E-state index contributed by atoms with van der Waals surface area (Å²) in [5.41, 5.74) is 1.81. The molecule has 0 radical (unpaired) electrons. The summed E-state index contributed by atoms with van der Waals surface area (Å²) >= 11 is 0. The van der Waals surface area contributed by atoms with Gasteiger partial charge in [0, 0.05) is 11.8 Å². The number of hydrogen-bond acceptors (Lipinski definition) is 4. The van der Waals surface area contributed by atoms with Gasteiger partial charge < -0.3 is 4.74 Å². The van der Waals surface area contributed by atoms with Crippen LogP contribution < -0.4 is 0 Å². The Morgan fingerprint density at radius 1 is 1.37 bits per heavy atom. The standard InChI is InChI=1S/C14H13FN2O2/c1-3-19-14(18)13-16-7-6-12(17-13)10-4-5-11(15)9(2)8-10/h4-8H,3H2,1-2H3. The van der Waals surface area contributed by atoms with E-state index >= 15 is 0 Å². The zero-order chi connectivity index (χ0) is 13.8. The highest BCUT2D eigenvalue weighted by Crippen LogP contribution is 2.19. The lowest BCUT2D eigenvalue weighted by molar-refractivity contribution is 0.0512. The minimum Gasteiger partial charge on any atom is -0.460 e. The van der Waals surface area contributed by atoms with Gasteiger partial charge in [-0.05, 0) is 43.7 Å². The molecule has 0 aliphatic heterocycles. The van der Waals surface area contributed by atoms with Crippen LogP contribution in [-0.2, 0) is 4.74 Å². The second kappa shape index (κ2) is 5.56. The predicted octanol–water partition coefficient (Wildman–Crippen LogP) is 2.77. The fourth-order valence-corrected chi connectivity index (χ4v) is 1.62. The number of hydrogen-bond donors (Lipinski definition) is 0. The molecule has 0 bridgehead atoms. The van der Waals surface area contributed by atoms with E-state index in [4.69, 9.17) is 4.74 Å². The van der Waals surface area contributed by atoms with E-state index in [9.17, 15) is 9.18 Å². The van der Waals surface area contributed by atoms with Crippen molar-refractivity contribution in [3.63, 3.8) is 0 Å². The molecule has 5 heteroatoms. The van der Waals surface area contributed by atoms with Gasteiger partial charge >= 0.3 is 5.97 Å². The second-order valence-corrected chi connectivity index (χ2v) is 3.95. The Hall–Kier alpha value is -2.30. The van der Waals surface area contributed by atoms with Gasteiger partial charge in [-0.15, -0.1) is 0 Å². The minimum atomic E-state index is -0.566. The zero-order valence-electron chi connectivity index (χ0n) is 10.7. The molecule has 0 unspecified atom stereocenters. The summed E-state index contributed by atoms with van der Waals surface area (Å²) in [6.07, 6.45) is 1.48. The first-order chi connectivity index (χ1) is 9.11. The van der Waals surface area contributed by atoms with Crippen molar-refractivity contribution < 1.29 is 13.9 Å². The van der Waals surface area contributed by atoms with Gasteiger partial charge in [0.25, 0.3) is 0 Å². The highest BCUT2D eigenvalue weighted by molar-refractivity contribution is 5.85. The van der Waals surface area contributed by atoms with Gasteiger partial charge in [-0.3, -0.25) is 0 Å². The fourth-order valence-electron chi connectivity index (χ4n) is 1.62. The van der Waals surface area contributed by atoms with Crippen LogP contribution in [0.4, 0.5) is 4.39 Å². The quantitative estimate of drug-likeness (QED) is 0.796. The lowest BCUT2D eigenvalue weighted by atomic mass is 10.1. The molecule has 2 rings (SSSR count). The first-order valence-electron chi connectivity index (χ1n) is 5.88. The summed E-state index contributed by atoms with van der Waals surface area (Å²) in [7, 11) is 0. The van der Waals surface area contributed by atoms with Crippen molar-refractivity contribution in [1.82, 2.24) is 9.97 Å². The van der Waals surface area contributed by atoms with E-state index in [0.29, 0.717) is 11.3 Å². The maximum absolute atomic E-state index is 13.2. The van der Waals surface area contributed by atoms with Gasteiger partial charge in [0.05, 0.1) is 12.3 Å². The SMILES string of the molecule is CCOC(=O)c1nccc(-c2ccc(F)c(C)c2)n1. The van der Waals surface area contributed by atoms with E-state index in [0.717, 1.165) is 5.56 Å². The van der Waals surface area contributed by atoms with Crippen LogP contribution in [0.15, 0.2) is 30.5 Å². The Labute approximate surface area is 110 Å². The lowest BCUT2D eigenvalue weighted by Crippen LogP contribution is -2.09. The van der Waals surface area contributed by atoms with Gasteiger partial charge in [0.15, 0.2) is 0 Å². The van der Waals surface area contributed by atoms with Crippen molar-refractivity contribution >= 4 is 5.97 Å². The van der Waals surface area contributed by atoms with Crippen molar-refractivity contribution in [1.29, 1.82) is 0 Å². The molecular formula is C14H13FN2O2. The summed E-state index contributed by atoms with van der Waals surface area (Å²) in [4.78, 5) is 19.5. The lowest BCUT2D eigenvalue weighted by Gasteiger charge is -2.05. The van der Waals surface area contributed by atoms with Gasteiger partial charge in [-0.2, -0.15) is 0 Å². The van der Waals surface area contributed by atoms with E-state index in [1.54, 1.807) is 32.0 Å². The highest BCUT2D eigenvalue weighted by Gasteiger charge is 2.11. The van der Waals surface area contributed by atoms with Crippen LogP contribution in [0.25, 0.3) is 11.3 Å². The summed E-state index contributed by atoms with van der Waals surface area (Å²) in [6, 6.07) is 6.32. The third-order valence-electron chi connectivity index (χ3n) is 2.57. The van der Waals surface area contributed by atoms with Crippen molar-refractivity contribution in [2.75, 3.05) is 6.61 Å². The largest absolute Gasteiger partial charge is 0.460 e. The summed E-state index contributed by atoms with van der Waals surface area (Å²) in [6.45, 7) is 3.65. The molecule has 0 saturated carbocycles. The average molecular weight is 260 g/mol. The van der Waals surface area contributed by atoms with E-state index in [-0.39, 0.29) is 18.2 Å². The molecule has 0 amide bonds. The van der Waals surface area contributed by atoms with E-state index in [1.807, 2.05) is 0 Å². The Morgan fingerprint density at radius 2 is 2.16 bits per heavy atom. The van der Waals surface area contributed by atoms with Gasteiger partial charge in [-0.1, -0.05) is 0 Å². The number of rotatable bonds is 3. The van der Waals surface area contributed by atoms with Crippen LogP contribution in [0.5, 0.6) is 0 Å². The molecule has 1 heterocycles. The molecule has 0 fully saturated rings. The predicted molar refractivity (Wildman–Crippen MR) is 68.1 cm³/mol. The molecule has 0 saturated heterocycles. The Bertz CT molecular complexity index is 614. The smallest absolute Gasteiger partial charge is 0.376 e. The molecule has 0 aliphatic rings. The molecule has 0 N–H and O–H groups in total. The first-order valence-corrected chi connectivity index (χ1v) is 5.88. The topological polar surface area (TPSA) is 52.1 Å². The number of benzene rings is 1. The first kappa shape index (κ1) is 13.1. The zero-order valence-corrected chi connectivity index (χ0v) is 10.7. The highest BCUT2D eigenvalue weighted by atomic mass is 19.1. The Kier molecular flexibility index (Phi) is 3.85. The van der Waals surface area contributed by atoms with Gasteiger partial charge in [0.2, 0.25) is 5.82 Å². The molecule has 0 aliphatic carbocycles. The summed E-state index contributed by atoms with van der Waals surface area (Å²) < 4.78 is 18.1. The number of ether oxygens (including phenoxy) is 1. The van der Waals surface area contributed by atoms with Crippen LogP contribution in [0.2, 0.25) is 0 Å². The Morgan fingerprint density at radius 3 is 2.84 bits per heavy atom. The molecule has 2 aromatic rings. The number of carbonyl (C=O) groups is 1. The molecule has 4 nitrogen and oxygen atoms in total. The van der Waals surface area contributed by atoms with Crippen LogP contribution in [0, 0.1) is 12.7 Å². The van der Waals surface area contributed by atoms with Gasteiger partial charge in [-0.25, -0.2) is 19.2 Å². The van der Waals surface area contributed by atoms with Crippen molar-refractivity contribution in [3.8, 4) is 11.3 Å². The number of aromatic nitrogens is 2. The number of halogens is 1. The molecule has 0 spiro atoms. The minimum absolute atomic E-state index is 0.00123. The molecule has 0 atom stereocenters. The molecule has 1 aromatic carbocycles. The van der Waals surface area contributed by atoms with Crippen LogP contribution >= 0.6 is 0 Å². The number of carbonyl (C=O) groups excluding carboxylic acids is 1. The molecule has 19 heavy (non-hydrogen) atoms. The number of aryl methyl sites for hydroxylation is 1. The summed E-state index contributed by atoms with van der Waals surface area (Å²) in [5, 5.41) is 0. The van der Waals surface area contributed by atoms with Crippen molar-refractivity contribution in [2.24, 2.45) is 0 Å². The van der Waals surface area contributed by atoms with E-state index in [1.165, 1.54) is 12.3 Å². The summed E-state index contributed by atoms with van der Waals surface area (Å²) in [5.74, 6) is -0.840. The van der Waals surface area contributed by atoms with Crippen molar-refractivity contribution in [3.05, 3.63) is 47.7 Å². The monoisotopic (exact) mass is 260 g/mol.